The number of hydrogen-bond acceptors (Lipinski definition) is 9. The summed E-state index contributed by atoms with van der Waals surface area (Å²) in [5.41, 5.74) is 4.30. The minimum atomic E-state index is -0.731. The van der Waals surface area contributed by atoms with Crippen LogP contribution in [0, 0.1) is 11.7 Å². The largest absolute Gasteiger partial charge is 0.474 e. The Morgan fingerprint density at radius 3 is 2.58 bits per heavy atom. The lowest BCUT2D eigenvalue weighted by molar-refractivity contribution is -0.131. The highest BCUT2D eigenvalue weighted by Crippen LogP contribution is 2.47. The predicted molar refractivity (Wildman–Crippen MR) is 233 cm³/mol. The second-order valence-electron chi connectivity index (χ2n) is 16.3. The number of piperidine rings is 2. The third-order valence-electron chi connectivity index (χ3n) is 12.6. The van der Waals surface area contributed by atoms with E-state index < -0.39 is 18.0 Å². The summed E-state index contributed by atoms with van der Waals surface area (Å²) < 4.78 is 35.6. The summed E-state index contributed by atoms with van der Waals surface area (Å²) in [5.74, 6) is 1.42. The molecule has 4 aliphatic heterocycles. The summed E-state index contributed by atoms with van der Waals surface area (Å²) in [5, 5.41) is 20.3. The first-order valence-electron chi connectivity index (χ1n) is 21.1. The van der Waals surface area contributed by atoms with Gasteiger partial charge in [0.15, 0.2) is 11.5 Å². The van der Waals surface area contributed by atoms with Crippen LogP contribution in [0.5, 0.6) is 17.4 Å². The van der Waals surface area contributed by atoms with Gasteiger partial charge in [-0.2, -0.15) is 0 Å². The smallest absolute Gasteiger partial charge is 0.321 e. The van der Waals surface area contributed by atoms with Gasteiger partial charge in [-0.05, 0) is 90.7 Å². The van der Waals surface area contributed by atoms with Gasteiger partial charge in [0.2, 0.25) is 18.6 Å². The van der Waals surface area contributed by atoms with E-state index in [0.717, 1.165) is 22.2 Å². The zero-order chi connectivity index (χ0) is 42.3. The first-order valence-corrected chi connectivity index (χ1v) is 21.4. The molecule has 2 aromatic heterocycles. The number of rotatable bonds is 10. The minimum absolute atomic E-state index is 0.0232. The van der Waals surface area contributed by atoms with Crippen LogP contribution in [0.4, 0.5) is 20.6 Å². The van der Waals surface area contributed by atoms with Gasteiger partial charge in [-0.1, -0.05) is 29.8 Å². The number of aromatic nitrogens is 3. The average molecular weight is 858 g/mol. The van der Waals surface area contributed by atoms with Crippen molar-refractivity contribution in [2.24, 2.45) is 5.92 Å². The third-order valence-corrected chi connectivity index (χ3v) is 12.9. The zero-order valence-corrected chi connectivity index (χ0v) is 34.6. The van der Waals surface area contributed by atoms with Gasteiger partial charge >= 0.3 is 6.03 Å². The molecule has 10 rings (SSSR count). The molecule has 6 heterocycles. The van der Waals surface area contributed by atoms with Crippen LogP contribution in [0.2, 0.25) is 5.02 Å². The van der Waals surface area contributed by atoms with Gasteiger partial charge in [-0.25, -0.2) is 19.2 Å². The van der Waals surface area contributed by atoms with Crippen molar-refractivity contribution in [1.29, 1.82) is 0 Å². The Morgan fingerprint density at radius 2 is 1.73 bits per heavy atom. The van der Waals surface area contributed by atoms with Crippen LogP contribution in [0.3, 0.4) is 0 Å². The fourth-order valence-electron chi connectivity index (χ4n) is 9.29. The number of imidazole rings is 1. The number of pyridine rings is 1. The Hall–Kier alpha value is -6.38. The van der Waals surface area contributed by atoms with Crippen LogP contribution < -0.4 is 24.8 Å². The van der Waals surface area contributed by atoms with Crippen LogP contribution in [0.15, 0.2) is 97.6 Å². The van der Waals surface area contributed by atoms with E-state index in [1.54, 1.807) is 41.8 Å². The highest BCUT2D eigenvalue weighted by molar-refractivity contribution is 6.31. The Labute approximate surface area is 362 Å². The Bertz CT molecular complexity index is 2660. The first-order chi connectivity index (χ1) is 30.3. The topological polar surface area (TPSA) is 143 Å². The fourth-order valence-corrected chi connectivity index (χ4v) is 9.46. The van der Waals surface area contributed by atoms with Crippen molar-refractivity contribution in [1.82, 2.24) is 24.3 Å². The monoisotopic (exact) mass is 857 g/mol. The molecule has 3 N–H and O–H groups in total. The number of nitrogens with zero attached hydrogens (tertiary/aromatic N) is 5. The van der Waals surface area contributed by atoms with E-state index in [9.17, 15) is 14.7 Å². The molecule has 0 aliphatic carbocycles. The van der Waals surface area contributed by atoms with Crippen molar-refractivity contribution in [3.63, 3.8) is 0 Å². The average Bonchev–Trinajstić information content (AvgIpc) is 4.04. The van der Waals surface area contributed by atoms with Crippen LogP contribution in [0.25, 0.3) is 33.2 Å². The van der Waals surface area contributed by atoms with Gasteiger partial charge in [-0.3, -0.25) is 4.79 Å². The quantitative estimate of drug-likeness (QED) is 0.124. The number of ether oxygens (including phenoxy) is 3. The number of nitrogens with one attached hydrogen (secondary N) is 2. The second kappa shape index (κ2) is 16.8. The number of halogens is 2. The molecule has 318 valence electrons. The lowest BCUT2D eigenvalue weighted by Gasteiger charge is -2.35. The van der Waals surface area contributed by atoms with Crippen molar-refractivity contribution in [2.75, 3.05) is 50.2 Å². The summed E-state index contributed by atoms with van der Waals surface area (Å²) in [7, 11) is 0. The maximum Gasteiger partial charge on any atom is 0.321 e. The molecule has 13 nitrogen and oxygen atoms in total. The van der Waals surface area contributed by atoms with Crippen molar-refractivity contribution in [3.05, 3.63) is 114 Å². The van der Waals surface area contributed by atoms with Crippen LogP contribution >= 0.6 is 11.6 Å². The number of amides is 3. The SMILES string of the molecule is O=C(CNc1ccc2c(c1)OCO2)N1CCC(C(O)CC2c3c(F)cc(-c4cc(Cl)ccc4NC(=O)N4CCC(Oc5nccc6ccccc56)CC4)cc3-c3cncn32)CC1. The number of anilines is 2. The number of benzene rings is 4. The van der Waals surface area contributed by atoms with E-state index in [4.69, 9.17) is 25.8 Å². The summed E-state index contributed by atoms with van der Waals surface area (Å²) in [6.07, 6.45) is 7.16. The van der Waals surface area contributed by atoms with E-state index >= 15 is 4.39 Å². The second-order valence-corrected chi connectivity index (χ2v) is 16.8. The standard InChI is InChI=1S/C47H45ClFN7O6/c48-31-5-7-38(53-47(59)55-17-12-33(13-18-55)62-46-34-4-2-1-3-28(34)9-14-51-46)35(21-31)30-19-36-40-24-50-26-56(40)39(45(36)37(49)20-30)23-41(57)29-10-15-54(16-11-29)44(58)25-52-32-6-8-42-43(22-32)61-27-60-42/h1-9,14,19-22,24,26,29,33,39,41,52,57H,10-13,15-18,23,25,27H2,(H,53,59). The van der Waals surface area contributed by atoms with Gasteiger partial charge in [0.1, 0.15) is 11.9 Å². The van der Waals surface area contributed by atoms with E-state index in [0.29, 0.717) is 102 Å². The first kappa shape index (κ1) is 39.7. The molecule has 2 unspecified atom stereocenters. The number of urea groups is 1. The number of aliphatic hydroxyl groups is 1. The molecule has 2 saturated heterocycles. The molecule has 2 fully saturated rings. The van der Waals surface area contributed by atoms with Gasteiger partial charge in [0.05, 0.1) is 42.6 Å². The Morgan fingerprint density at radius 1 is 0.919 bits per heavy atom. The molecule has 62 heavy (non-hydrogen) atoms. The molecule has 0 spiro atoms. The van der Waals surface area contributed by atoms with E-state index in [1.807, 2.05) is 64.1 Å². The Kier molecular flexibility index (Phi) is 10.8. The van der Waals surface area contributed by atoms with Crippen LogP contribution in [-0.4, -0.2) is 93.1 Å². The molecular formula is C47H45ClFN7O6. The van der Waals surface area contributed by atoms with Crippen molar-refractivity contribution < 1.29 is 33.3 Å². The molecule has 0 saturated carbocycles. The molecule has 0 radical (unpaired) electrons. The van der Waals surface area contributed by atoms with E-state index in [1.165, 1.54) is 6.07 Å². The van der Waals surface area contributed by atoms with Gasteiger partial charge < -0.3 is 44.3 Å². The van der Waals surface area contributed by atoms with Crippen LogP contribution in [-0.2, 0) is 4.79 Å². The van der Waals surface area contributed by atoms with Crippen LogP contribution in [0.1, 0.15) is 43.7 Å². The highest BCUT2D eigenvalue weighted by atomic mass is 35.5. The summed E-state index contributed by atoms with van der Waals surface area (Å²) in [6, 6.07) is 23.2. The summed E-state index contributed by atoms with van der Waals surface area (Å²) in [4.78, 5) is 39.2. The number of fused-ring (bicyclic) bond motifs is 5. The lowest BCUT2D eigenvalue weighted by atomic mass is 9.86. The maximum atomic E-state index is 16.6. The van der Waals surface area contributed by atoms with Crippen molar-refractivity contribution in [2.45, 2.75) is 50.4 Å². The predicted octanol–water partition coefficient (Wildman–Crippen LogP) is 8.37. The van der Waals surface area contributed by atoms with Crippen molar-refractivity contribution >= 4 is 45.7 Å². The fraction of sp³-hybridized carbons (Fsp3) is 0.319. The molecule has 4 aromatic carbocycles. The number of carbonyl (C=O) groups excluding carboxylic acids is 2. The number of aliphatic hydroxyl groups excluding tert-OH is 1. The molecule has 0 bridgehead atoms. The summed E-state index contributed by atoms with van der Waals surface area (Å²) >= 11 is 6.52. The summed E-state index contributed by atoms with van der Waals surface area (Å²) in [6.45, 7) is 2.35. The molecular weight excluding hydrogens is 813 g/mol. The highest BCUT2D eigenvalue weighted by Gasteiger charge is 2.37. The van der Waals surface area contributed by atoms with Gasteiger partial charge in [-0.15, -0.1) is 0 Å². The van der Waals surface area contributed by atoms with Crippen molar-refractivity contribution in [3.8, 4) is 39.8 Å². The number of hydrogen-bond donors (Lipinski definition) is 3. The third kappa shape index (κ3) is 7.84. The molecule has 2 atom stereocenters. The number of likely N-dealkylation sites (tertiary alicyclic amines) is 2. The van der Waals surface area contributed by atoms with E-state index in [2.05, 4.69) is 20.6 Å². The minimum Gasteiger partial charge on any atom is -0.474 e. The maximum absolute atomic E-state index is 16.6. The molecule has 4 aliphatic rings. The zero-order valence-electron chi connectivity index (χ0n) is 33.8. The Balaban J connectivity index is 0.783. The lowest BCUT2D eigenvalue weighted by Crippen LogP contribution is -2.43. The van der Waals surface area contributed by atoms with E-state index in [-0.39, 0.29) is 43.7 Å². The normalized spacial score (nSPS) is 17.8. The number of carbonyl (C=O) groups is 2. The molecule has 6 aromatic rings. The molecule has 15 heteroatoms. The molecule has 3 amide bonds. The van der Waals surface area contributed by atoms with Gasteiger partial charge in [0, 0.05) is 84.1 Å². The van der Waals surface area contributed by atoms with Gasteiger partial charge in [0.25, 0.3) is 0 Å².